The van der Waals surface area contributed by atoms with Gasteiger partial charge in [0.2, 0.25) is 5.91 Å². The number of aromatic nitrogens is 1. The Hall–Kier alpha value is -2.21. The number of nitrogens with one attached hydrogen (secondary N) is 2. The Morgan fingerprint density at radius 2 is 1.90 bits per heavy atom. The molecular weight excluding hydrogens is 334 g/mol. The summed E-state index contributed by atoms with van der Waals surface area (Å²) in [7, 11) is 0. The van der Waals surface area contributed by atoms with Crippen LogP contribution in [-0.2, 0) is 4.79 Å². The summed E-state index contributed by atoms with van der Waals surface area (Å²) in [4.78, 5) is 27.4. The molecule has 1 heterocycles. The minimum Gasteiger partial charge on any atom is -0.352 e. The highest BCUT2D eigenvalue weighted by Crippen LogP contribution is 2.10. The average Bonchev–Trinajstić information content (AvgIpc) is 2.49. The molecule has 2 rings (SSSR count). The molecule has 108 valence electrons. The molecule has 0 aliphatic heterocycles. The maximum Gasteiger partial charge on any atom is 0.251 e. The van der Waals surface area contributed by atoms with Crippen LogP contribution in [0.3, 0.4) is 0 Å². The molecule has 2 amide bonds. The largest absolute Gasteiger partial charge is 0.352 e. The first kappa shape index (κ1) is 15.2. The minimum absolute atomic E-state index is 0.167. The summed E-state index contributed by atoms with van der Waals surface area (Å²) in [5.74, 6) is -0.365. The standard InChI is InChI=1S/C15H14BrN3O2/c16-12-5-3-11(4-6-12)15(21)18-9-7-14(20)19-13-2-1-8-17-10-13/h1-6,8,10H,7,9H2,(H,18,21)(H,19,20). The van der Waals surface area contributed by atoms with E-state index in [0.717, 1.165) is 4.47 Å². The molecule has 2 N–H and O–H groups in total. The van der Waals surface area contributed by atoms with Crippen LogP contribution in [0.2, 0.25) is 0 Å². The summed E-state index contributed by atoms with van der Waals surface area (Å²) >= 11 is 3.31. The van der Waals surface area contributed by atoms with E-state index in [0.29, 0.717) is 11.3 Å². The molecule has 6 heteroatoms. The van der Waals surface area contributed by atoms with Crippen LogP contribution < -0.4 is 10.6 Å². The van der Waals surface area contributed by atoms with Crippen LogP contribution in [0.1, 0.15) is 16.8 Å². The van der Waals surface area contributed by atoms with Crippen molar-refractivity contribution < 1.29 is 9.59 Å². The Labute approximate surface area is 130 Å². The van der Waals surface area contributed by atoms with Crippen LogP contribution in [0.4, 0.5) is 5.69 Å². The zero-order valence-electron chi connectivity index (χ0n) is 11.2. The molecule has 21 heavy (non-hydrogen) atoms. The van der Waals surface area contributed by atoms with Crippen molar-refractivity contribution in [2.45, 2.75) is 6.42 Å². The second-order valence-electron chi connectivity index (χ2n) is 4.30. The molecule has 0 saturated carbocycles. The van der Waals surface area contributed by atoms with Gasteiger partial charge in [0.25, 0.3) is 5.91 Å². The first-order chi connectivity index (χ1) is 10.1. The van der Waals surface area contributed by atoms with E-state index in [1.807, 2.05) is 0 Å². The van der Waals surface area contributed by atoms with Crippen LogP contribution in [0, 0.1) is 0 Å². The van der Waals surface area contributed by atoms with E-state index in [9.17, 15) is 9.59 Å². The molecule has 0 aliphatic rings. The van der Waals surface area contributed by atoms with E-state index in [1.165, 1.54) is 0 Å². The van der Waals surface area contributed by atoms with Gasteiger partial charge in [-0.25, -0.2) is 0 Å². The monoisotopic (exact) mass is 347 g/mol. The van der Waals surface area contributed by atoms with Gasteiger partial charge in [-0.1, -0.05) is 15.9 Å². The summed E-state index contributed by atoms with van der Waals surface area (Å²) in [5, 5.41) is 5.41. The molecule has 0 fully saturated rings. The predicted octanol–water partition coefficient (Wildman–Crippen LogP) is 2.60. The van der Waals surface area contributed by atoms with Gasteiger partial charge in [-0.15, -0.1) is 0 Å². The second kappa shape index (κ2) is 7.54. The molecule has 0 radical (unpaired) electrons. The third kappa shape index (κ3) is 5.00. The van der Waals surface area contributed by atoms with Crippen molar-refractivity contribution in [1.82, 2.24) is 10.3 Å². The smallest absolute Gasteiger partial charge is 0.251 e. The highest BCUT2D eigenvalue weighted by atomic mass is 79.9. The first-order valence-corrected chi connectivity index (χ1v) is 7.18. The summed E-state index contributed by atoms with van der Waals surface area (Å²) < 4.78 is 0.912. The van der Waals surface area contributed by atoms with Crippen molar-refractivity contribution in [2.24, 2.45) is 0 Å². The fourth-order valence-corrected chi connectivity index (χ4v) is 1.92. The average molecular weight is 348 g/mol. The SMILES string of the molecule is O=C(CCNC(=O)c1ccc(Br)cc1)Nc1cccnc1. The van der Waals surface area contributed by atoms with Crippen molar-refractivity contribution in [3.05, 3.63) is 58.8 Å². The van der Waals surface area contributed by atoms with Crippen molar-refractivity contribution >= 4 is 33.4 Å². The molecule has 0 bridgehead atoms. The Balaban J connectivity index is 1.75. The molecule has 0 unspecified atom stereocenters. The minimum atomic E-state index is -0.198. The van der Waals surface area contributed by atoms with Crippen LogP contribution in [-0.4, -0.2) is 23.3 Å². The fourth-order valence-electron chi connectivity index (χ4n) is 1.65. The number of nitrogens with zero attached hydrogens (tertiary/aromatic N) is 1. The zero-order chi connectivity index (χ0) is 15.1. The normalized spacial score (nSPS) is 9.95. The van der Waals surface area contributed by atoms with Crippen molar-refractivity contribution in [3.63, 3.8) is 0 Å². The number of halogens is 1. The number of carbonyl (C=O) groups excluding carboxylic acids is 2. The summed E-state index contributed by atoms with van der Waals surface area (Å²) in [6.45, 7) is 0.279. The third-order valence-electron chi connectivity index (χ3n) is 2.69. The Kier molecular flexibility index (Phi) is 5.45. The lowest BCUT2D eigenvalue weighted by molar-refractivity contribution is -0.116. The van der Waals surface area contributed by atoms with Crippen molar-refractivity contribution in [3.8, 4) is 0 Å². The van der Waals surface area contributed by atoms with Gasteiger partial charge >= 0.3 is 0 Å². The third-order valence-corrected chi connectivity index (χ3v) is 3.22. The van der Waals surface area contributed by atoms with Crippen LogP contribution in [0.5, 0.6) is 0 Å². The number of amides is 2. The van der Waals surface area contributed by atoms with Gasteiger partial charge in [0.05, 0.1) is 11.9 Å². The number of pyridine rings is 1. The highest BCUT2D eigenvalue weighted by Gasteiger charge is 2.06. The highest BCUT2D eigenvalue weighted by molar-refractivity contribution is 9.10. The maximum absolute atomic E-state index is 11.8. The molecule has 0 aliphatic carbocycles. The first-order valence-electron chi connectivity index (χ1n) is 6.39. The van der Waals surface area contributed by atoms with Gasteiger partial charge in [-0.3, -0.25) is 14.6 Å². The predicted molar refractivity (Wildman–Crippen MR) is 84.0 cm³/mol. The van der Waals surface area contributed by atoms with E-state index in [2.05, 4.69) is 31.5 Å². The van der Waals surface area contributed by atoms with Gasteiger partial charge in [-0.2, -0.15) is 0 Å². The van der Waals surface area contributed by atoms with Gasteiger partial charge in [0, 0.05) is 29.2 Å². The molecule has 5 nitrogen and oxygen atoms in total. The molecule has 1 aromatic carbocycles. The fraction of sp³-hybridized carbons (Fsp3) is 0.133. The van der Waals surface area contributed by atoms with E-state index in [1.54, 1.807) is 48.8 Å². The van der Waals surface area contributed by atoms with Gasteiger partial charge in [0.15, 0.2) is 0 Å². The van der Waals surface area contributed by atoms with E-state index in [4.69, 9.17) is 0 Å². The quantitative estimate of drug-likeness (QED) is 0.873. The number of hydrogen-bond donors (Lipinski definition) is 2. The van der Waals surface area contributed by atoms with E-state index >= 15 is 0 Å². The zero-order valence-corrected chi connectivity index (χ0v) is 12.8. The van der Waals surface area contributed by atoms with E-state index in [-0.39, 0.29) is 24.8 Å². The lowest BCUT2D eigenvalue weighted by Gasteiger charge is -2.06. The summed E-state index contributed by atoms with van der Waals surface area (Å²) in [6.07, 6.45) is 3.41. The summed E-state index contributed by atoms with van der Waals surface area (Å²) in [5.41, 5.74) is 1.20. The number of rotatable bonds is 5. The number of benzene rings is 1. The molecule has 0 atom stereocenters. The molecule has 0 spiro atoms. The Bertz CT molecular complexity index is 615. The van der Waals surface area contributed by atoms with Gasteiger partial charge < -0.3 is 10.6 Å². The summed E-state index contributed by atoms with van der Waals surface area (Å²) in [6, 6.07) is 10.5. The van der Waals surface area contributed by atoms with E-state index < -0.39 is 0 Å². The van der Waals surface area contributed by atoms with Crippen LogP contribution in [0.15, 0.2) is 53.3 Å². The molecule has 0 saturated heterocycles. The maximum atomic E-state index is 11.8. The molecular formula is C15H14BrN3O2. The topological polar surface area (TPSA) is 71.1 Å². The van der Waals surface area contributed by atoms with Gasteiger partial charge in [-0.05, 0) is 36.4 Å². The molecule has 1 aromatic heterocycles. The molecule has 2 aromatic rings. The number of anilines is 1. The second-order valence-corrected chi connectivity index (χ2v) is 5.22. The lowest BCUT2D eigenvalue weighted by Crippen LogP contribution is -2.27. The van der Waals surface area contributed by atoms with Gasteiger partial charge in [0.1, 0.15) is 0 Å². The van der Waals surface area contributed by atoms with Crippen LogP contribution >= 0.6 is 15.9 Å². The van der Waals surface area contributed by atoms with Crippen molar-refractivity contribution in [1.29, 1.82) is 0 Å². The number of carbonyl (C=O) groups is 2. The Morgan fingerprint density at radius 3 is 2.57 bits per heavy atom. The lowest BCUT2D eigenvalue weighted by atomic mass is 10.2. The van der Waals surface area contributed by atoms with Crippen molar-refractivity contribution in [2.75, 3.05) is 11.9 Å². The van der Waals surface area contributed by atoms with Crippen LogP contribution in [0.25, 0.3) is 0 Å². The number of hydrogen-bond acceptors (Lipinski definition) is 3. The Morgan fingerprint density at radius 1 is 1.14 bits per heavy atom.